The van der Waals surface area contributed by atoms with Crippen molar-refractivity contribution in [2.75, 3.05) is 25.6 Å². The minimum absolute atomic E-state index is 0.143. The van der Waals surface area contributed by atoms with Gasteiger partial charge in [-0.2, -0.15) is 5.26 Å². The maximum Gasteiger partial charge on any atom is 0.249 e. The molecule has 1 N–H and O–H groups in total. The number of anilines is 1. The van der Waals surface area contributed by atoms with Crippen molar-refractivity contribution >= 4 is 11.6 Å². The Bertz CT molecular complexity index is 475. The Hall–Kier alpha value is -2.06. The van der Waals surface area contributed by atoms with Crippen LogP contribution in [0.1, 0.15) is 0 Å². The summed E-state index contributed by atoms with van der Waals surface area (Å²) in [6.45, 7) is 0.287. The van der Waals surface area contributed by atoms with Crippen molar-refractivity contribution in [3.05, 3.63) is 24.3 Å². The predicted molar refractivity (Wildman–Crippen MR) is 60.5 cm³/mol. The lowest BCUT2D eigenvalue weighted by molar-refractivity contribution is -0.144. The molecular weight excluding hydrogens is 220 g/mol. The van der Waals surface area contributed by atoms with Gasteiger partial charge in [0.2, 0.25) is 5.91 Å². The van der Waals surface area contributed by atoms with Crippen LogP contribution in [0.4, 0.5) is 5.69 Å². The fourth-order valence-corrected chi connectivity index (χ4v) is 1.54. The van der Waals surface area contributed by atoms with Crippen LogP contribution in [0.5, 0.6) is 5.75 Å². The molecule has 1 saturated heterocycles. The highest BCUT2D eigenvalue weighted by atomic mass is 16.5. The van der Waals surface area contributed by atoms with Crippen LogP contribution in [0.3, 0.4) is 0 Å². The van der Waals surface area contributed by atoms with Crippen LogP contribution in [0, 0.1) is 16.7 Å². The molecule has 2 rings (SSSR count). The summed E-state index contributed by atoms with van der Waals surface area (Å²) in [5.74, 6) is 0.213. The smallest absolute Gasteiger partial charge is 0.249 e. The molecule has 0 spiro atoms. The van der Waals surface area contributed by atoms with Crippen molar-refractivity contribution in [1.29, 1.82) is 5.26 Å². The Morgan fingerprint density at radius 1 is 1.53 bits per heavy atom. The van der Waals surface area contributed by atoms with Crippen LogP contribution in [-0.4, -0.2) is 26.2 Å². The molecule has 0 aliphatic carbocycles. The number of carbonyl (C=O) groups excluding carboxylic acids is 1. The Morgan fingerprint density at radius 3 is 2.76 bits per heavy atom. The number of nitriles is 1. The summed E-state index contributed by atoms with van der Waals surface area (Å²) in [6, 6.07) is 9.05. The summed E-state index contributed by atoms with van der Waals surface area (Å²) in [5, 5.41) is 11.7. The van der Waals surface area contributed by atoms with E-state index in [1.165, 1.54) is 7.11 Å². The molecule has 0 bridgehead atoms. The number of benzene rings is 1. The number of hydrogen-bond acceptors (Lipinski definition) is 4. The molecule has 1 aliphatic rings. The monoisotopic (exact) mass is 232 g/mol. The number of ether oxygens (including phenoxy) is 2. The number of carbonyl (C=O) groups is 1. The van der Waals surface area contributed by atoms with E-state index in [4.69, 9.17) is 14.7 Å². The fourth-order valence-electron chi connectivity index (χ4n) is 1.54. The maximum absolute atomic E-state index is 11.9. The van der Waals surface area contributed by atoms with E-state index in [1.807, 2.05) is 6.07 Å². The van der Waals surface area contributed by atoms with Crippen LogP contribution in [0.2, 0.25) is 0 Å². The minimum atomic E-state index is -1.05. The van der Waals surface area contributed by atoms with Crippen molar-refractivity contribution in [3.63, 3.8) is 0 Å². The van der Waals surface area contributed by atoms with E-state index in [1.54, 1.807) is 24.3 Å². The van der Waals surface area contributed by atoms with Gasteiger partial charge in [-0.25, -0.2) is 0 Å². The first kappa shape index (κ1) is 11.4. The first-order valence-electron chi connectivity index (χ1n) is 5.15. The SMILES string of the molecule is COc1ccccc1NC(=O)C1(C#N)COC1. The zero-order valence-corrected chi connectivity index (χ0v) is 9.40. The molecule has 1 amide bonds. The predicted octanol–water partition coefficient (Wildman–Crippen LogP) is 1.17. The third-order valence-electron chi connectivity index (χ3n) is 2.70. The zero-order valence-electron chi connectivity index (χ0n) is 9.40. The standard InChI is InChI=1S/C12H12N2O3/c1-16-10-5-3-2-4-9(10)14-11(15)12(6-13)7-17-8-12/h2-5H,7-8H2,1H3,(H,14,15). The highest BCUT2D eigenvalue weighted by molar-refractivity contribution is 5.99. The molecule has 1 heterocycles. The first-order valence-corrected chi connectivity index (χ1v) is 5.15. The molecule has 5 nitrogen and oxygen atoms in total. The average Bonchev–Trinajstić information content (AvgIpc) is 2.29. The molecule has 0 aromatic heterocycles. The maximum atomic E-state index is 11.9. The van der Waals surface area contributed by atoms with Gasteiger partial charge in [-0.3, -0.25) is 4.79 Å². The van der Waals surface area contributed by atoms with Gasteiger partial charge in [-0.1, -0.05) is 12.1 Å². The van der Waals surface area contributed by atoms with E-state index in [0.29, 0.717) is 11.4 Å². The molecule has 88 valence electrons. The molecular formula is C12H12N2O3. The highest BCUT2D eigenvalue weighted by Crippen LogP contribution is 2.30. The van der Waals surface area contributed by atoms with Crippen molar-refractivity contribution in [1.82, 2.24) is 0 Å². The Morgan fingerprint density at radius 2 is 2.24 bits per heavy atom. The third kappa shape index (κ3) is 1.95. The number of nitrogens with zero attached hydrogens (tertiary/aromatic N) is 1. The van der Waals surface area contributed by atoms with Crippen LogP contribution in [0.25, 0.3) is 0 Å². The van der Waals surface area contributed by atoms with E-state index in [-0.39, 0.29) is 19.1 Å². The molecule has 1 aromatic carbocycles. The molecule has 1 aromatic rings. The largest absolute Gasteiger partial charge is 0.495 e. The number of nitrogens with one attached hydrogen (secondary N) is 1. The van der Waals surface area contributed by atoms with Crippen molar-refractivity contribution in [2.24, 2.45) is 5.41 Å². The molecule has 1 fully saturated rings. The lowest BCUT2D eigenvalue weighted by atomic mass is 9.87. The van der Waals surface area contributed by atoms with Gasteiger partial charge in [0.15, 0.2) is 5.41 Å². The molecule has 0 atom stereocenters. The van der Waals surface area contributed by atoms with Crippen molar-refractivity contribution in [2.45, 2.75) is 0 Å². The number of para-hydroxylation sites is 2. The quantitative estimate of drug-likeness (QED) is 0.849. The molecule has 0 unspecified atom stereocenters. The van der Waals surface area contributed by atoms with Gasteiger partial charge in [-0.05, 0) is 12.1 Å². The van der Waals surface area contributed by atoms with Crippen molar-refractivity contribution in [3.8, 4) is 11.8 Å². The number of methoxy groups -OCH3 is 1. The lowest BCUT2D eigenvalue weighted by Gasteiger charge is -2.33. The van der Waals surface area contributed by atoms with Crippen LogP contribution >= 0.6 is 0 Å². The summed E-state index contributed by atoms with van der Waals surface area (Å²) < 4.78 is 10.0. The van der Waals surface area contributed by atoms with Crippen molar-refractivity contribution < 1.29 is 14.3 Å². The van der Waals surface area contributed by atoms with E-state index < -0.39 is 5.41 Å². The molecule has 0 saturated carbocycles. The van der Waals surface area contributed by atoms with E-state index in [0.717, 1.165) is 0 Å². The topological polar surface area (TPSA) is 71.3 Å². The number of hydrogen-bond donors (Lipinski definition) is 1. The Labute approximate surface area is 98.9 Å². The third-order valence-corrected chi connectivity index (χ3v) is 2.70. The second kappa shape index (κ2) is 4.44. The van der Waals surface area contributed by atoms with Crippen LogP contribution in [0.15, 0.2) is 24.3 Å². The molecule has 5 heteroatoms. The summed E-state index contributed by atoms with van der Waals surface area (Å²) >= 11 is 0. The normalized spacial score (nSPS) is 16.5. The van der Waals surface area contributed by atoms with Gasteiger partial charge < -0.3 is 14.8 Å². The van der Waals surface area contributed by atoms with Gasteiger partial charge in [-0.15, -0.1) is 0 Å². The van der Waals surface area contributed by atoms with E-state index >= 15 is 0 Å². The van der Waals surface area contributed by atoms with Gasteiger partial charge in [0.25, 0.3) is 0 Å². The van der Waals surface area contributed by atoms with Crippen LogP contribution < -0.4 is 10.1 Å². The minimum Gasteiger partial charge on any atom is -0.495 e. The first-order chi connectivity index (χ1) is 8.22. The van der Waals surface area contributed by atoms with Gasteiger partial charge in [0, 0.05) is 0 Å². The average molecular weight is 232 g/mol. The molecule has 1 aliphatic heterocycles. The van der Waals surface area contributed by atoms with Gasteiger partial charge in [0.05, 0.1) is 32.1 Å². The summed E-state index contributed by atoms with van der Waals surface area (Å²) in [5.41, 5.74) is -0.498. The molecule has 17 heavy (non-hydrogen) atoms. The Kier molecular flexibility index (Phi) is 2.98. The lowest BCUT2D eigenvalue weighted by Crippen LogP contribution is -2.50. The van der Waals surface area contributed by atoms with Crippen LogP contribution in [-0.2, 0) is 9.53 Å². The highest BCUT2D eigenvalue weighted by Gasteiger charge is 2.46. The number of rotatable bonds is 3. The van der Waals surface area contributed by atoms with E-state index in [2.05, 4.69) is 5.32 Å². The number of amides is 1. The summed E-state index contributed by atoms with van der Waals surface area (Å²) in [4.78, 5) is 11.9. The summed E-state index contributed by atoms with van der Waals surface area (Å²) in [7, 11) is 1.53. The summed E-state index contributed by atoms with van der Waals surface area (Å²) in [6.07, 6.45) is 0. The van der Waals surface area contributed by atoms with Gasteiger partial charge in [0.1, 0.15) is 5.75 Å². The Balaban J connectivity index is 2.16. The molecule has 0 radical (unpaired) electrons. The fraction of sp³-hybridized carbons (Fsp3) is 0.333. The zero-order chi connectivity index (χ0) is 12.3. The van der Waals surface area contributed by atoms with E-state index in [9.17, 15) is 4.79 Å². The second-order valence-corrected chi connectivity index (χ2v) is 3.84. The van der Waals surface area contributed by atoms with Gasteiger partial charge >= 0.3 is 0 Å². The second-order valence-electron chi connectivity index (χ2n) is 3.84.